The lowest BCUT2D eigenvalue weighted by molar-refractivity contribution is -0.137. The zero-order chi connectivity index (χ0) is 17.5. The average Bonchev–Trinajstić information content (AvgIpc) is 2.44. The molecule has 0 aliphatic rings. The van der Waals surface area contributed by atoms with Gasteiger partial charge in [-0.2, -0.15) is 13.2 Å². The van der Waals surface area contributed by atoms with Crippen LogP contribution < -0.4 is 16.0 Å². The molecule has 0 unspecified atom stereocenters. The minimum atomic E-state index is -4.55. The van der Waals surface area contributed by atoms with Crippen LogP contribution in [0.25, 0.3) is 0 Å². The maximum absolute atomic E-state index is 12.8. The first-order chi connectivity index (χ1) is 10.7. The maximum atomic E-state index is 12.8. The number of benzene rings is 1. The van der Waals surface area contributed by atoms with E-state index < -0.39 is 23.6 Å². The van der Waals surface area contributed by atoms with Crippen LogP contribution in [0, 0.1) is 0 Å². The van der Waals surface area contributed by atoms with Crippen molar-refractivity contribution in [3.63, 3.8) is 0 Å². The largest absolute Gasteiger partial charge is 0.416 e. The standard InChI is InChI=1S/C14H18F3N3O3/c1-9(21)19-11-4-3-10(14(15,16)17)7-12(11)20-13(22)8-18-5-6-23-2/h3-4,7,18H,5-6,8H2,1-2H3,(H,19,21)(H,20,22). The molecule has 0 saturated carbocycles. The monoisotopic (exact) mass is 333 g/mol. The molecule has 1 aromatic carbocycles. The Hall–Kier alpha value is -2.13. The minimum Gasteiger partial charge on any atom is -0.383 e. The molecule has 0 aromatic heterocycles. The Morgan fingerprint density at radius 1 is 1.17 bits per heavy atom. The summed E-state index contributed by atoms with van der Waals surface area (Å²) in [6.45, 7) is 1.94. The van der Waals surface area contributed by atoms with Crippen LogP contribution >= 0.6 is 0 Å². The van der Waals surface area contributed by atoms with Crippen molar-refractivity contribution in [1.29, 1.82) is 0 Å². The Bertz CT molecular complexity index is 562. The van der Waals surface area contributed by atoms with E-state index in [9.17, 15) is 22.8 Å². The van der Waals surface area contributed by atoms with E-state index in [1.54, 1.807) is 0 Å². The third kappa shape index (κ3) is 6.66. The summed E-state index contributed by atoms with van der Waals surface area (Å²) in [4.78, 5) is 22.9. The highest BCUT2D eigenvalue weighted by Gasteiger charge is 2.31. The van der Waals surface area contributed by atoms with Gasteiger partial charge in [0.1, 0.15) is 0 Å². The number of hydrogen-bond donors (Lipinski definition) is 3. The Morgan fingerprint density at radius 2 is 1.87 bits per heavy atom. The number of alkyl halides is 3. The number of ether oxygens (including phenoxy) is 1. The second-order valence-electron chi connectivity index (χ2n) is 4.66. The van der Waals surface area contributed by atoms with E-state index in [0.717, 1.165) is 18.2 Å². The van der Waals surface area contributed by atoms with Gasteiger partial charge in [-0.3, -0.25) is 9.59 Å². The van der Waals surface area contributed by atoms with Crippen LogP contribution in [0.5, 0.6) is 0 Å². The third-order valence-electron chi connectivity index (χ3n) is 2.70. The van der Waals surface area contributed by atoms with Gasteiger partial charge in [0.15, 0.2) is 0 Å². The molecule has 2 amide bonds. The fourth-order valence-electron chi connectivity index (χ4n) is 1.69. The van der Waals surface area contributed by atoms with Gasteiger partial charge in [0.05, 0.1) is 30.1 Å². The summed E-state index contributed by atoms with van der Waals surface area (Å²) in [7, 11) is 1.50. The molecule has 6 nitrogen and oxygen atoms in total. The molecule has 0 saturated heterocycles. The van der Waals surface area contributed by atoms with Crippen LogP contribution in [0.3, 0.4) is 0 Å². The molecule has 0 bridgehead atoms. The van der Waals surface area contributed by atoms with Crippen LogP contribution in [0.2, 0.25) is 0 Å². The molecule has 3 N–H and O–H groups in total. The van der Waals surface area contributed by atoms with Crippen molar-refractivity contribution in [2.45, 2.75) is 13.1 Å². The molecule has 23 heavy (non-hydrogen) atoms. The Balaban J connectivity index is 2.87. The fourth-order valence-corrected chi connectivity index (χ4v) is 1.69. The zero-order valence-corrected chi connectivity index (χ0v) is 12.7. The number of halogens is 3. The molecule has 0 heterocycles. The first-order valence-electron chi connectivity index (χ1n) is 6.72. The number of carbonyl (C=O) groups excluding carboxylic acids is 2. The number of amides is 2. The van der Waals surface area contributed by atoms with Gasteiger partial charge < -0.3 is 20.7 Å². The first-order valence-corrected chi connectivity index (χ1v) is 6.72. The smallest absolute Gasteiger partial charge is 0.383 e. The predicted molar refractivity (Wildman–Crippen MR) is 79.1 cm³/mol. The lowest BCUT2D eigenvalue weighted by Gasteiger charge is -2.15. The van der Waals surface area contributed by atoms with Crippen molar-refractivity contribution in [3.05, 3.63) is 23.8 Å². The van der Waals surface area contributed by atoms with Gasteiger partial charge in [-0.25, -0.2) is 0 Å². The summed E-state index contributed by atoms with van der Waals surface area (Å²) in [6.07, 6.45) is -4.55. The van der Waals surface area contributed by atoms with Crippen LogP contribution in [-0.2, 0) is 20.5 Å². The van der Waals surface area contributed by atoms with Gasteiger partial charge in [-0.15, -0.1) is 0 Å². The van der Waals surface area contributed by atoms with E-state index in [1.165, 1.54) is 14.0 Å². The highest BCUT2D eigenvalue weighted by molar-refractivity contribution is 5.99. The lowest BCUT2D eigenvalue weighted by atomic mass is 10.1. The van der Waals surface area contributed by atoms with Crippen molar-refractivity contribution >= 4 is 23.2 Å². The summed E-state index contributed by atoms with van der Waals surface area (Å²) in [5, 5.41) is 7.49. The maximum Gasteiger partial charge on any atom is 0.416 e. The summed E-state index contributed by atoms with van der Waals surface area (Å²) >= 11 is 0. The van der Waals surface area contributed by atoms with Crippen molar-refractivity contribution in [3.8, 4) is 0 Å². The van der Waals surface area contributed by atoms with Gasteiger partial charge in [0.2, 0.25) is 11.8 Å². The van der Waals surface area contributed by atoms with Crippen molar-refractivity contribution in [2.24, 2.45) is 0 Å². The molecular weight excluding hydrogens is 315 g/mol. The molecule has 0 spiro atoms. The SMILES string of the molecule is COCCNCC(=O)Nc1cc(C(F)(F)F)ccc1NC(C)=O. The summed E-state index contributed by atoms with van der Waals surface area (Å²) in [5.74, 6) is -0.995. The third-order valence-corrected chi connectivity index (χ3v) is 2.70. The molecule has 1 aromatic rings. The van der Waals surface area contributed by atoms with Gasteiger partial charge in [-0.1, -0.05) is 0 Å². The van der Waals surface area contributed by atoms with Gasteiger partial charge in [-0.05, 0) is 18.2 Å². The Morgan fingerprint density at radius 3 is 2.43 bits per heavy atom. The number of anilines is 2. The van der Waals surface area contributed by atoms with Crippen molar-refractivity contribution < 1.29 is 27.5 Å². The first kappa shape index (κ1) is 18.9. The number of carbonyl (C=O) groups is 2. The second-order valence-corrected chi connectivity index (χ2v) is 4.66. The average molecular weight is 333 g/mol. The quantitative estimate of drug-likeness (QED) is 0.665. The van der Waals surface area contributed by atoms with E-state index >= 15 is 0 Å². The molecule has 0 radical (unpaired) electrons. The fraction of sp³-hybridized carbons (Fsp3) is 0.429. The van der Waals surface area contributed by atoms with Crippen LogP contribution in [-0.4, -0.2) is 38.6 Å². The van der Waals surface area contributed by atoms with Gasteiger partial charge in [0, 0.05) is 20.6 Å². The van der Waals surface area contributed by atoms with Crippen LogP contribution in [0.1, 0.15) is 12.5 Å². The predicted octanol–water partition coefficient (Wildman–Crippen LogP) is 1.84. The number of methoxy groups -OCH3 is 1. The van der Waals surface area contributed by atoms with E-state index in [-0.39, 0.29) is 17.9 Å². The van der Waals surface area contributed by atoms with Crippen LogP contribution in [0.15, 0.2) is 18.2 Å². The highest BCUT2D eigenvalue weighted by Crippen LogP contribution is 2.34. The molecule has 9 heteroatoms. The van der Waals surface area contributed by atoms with Crippen molar-refractivity contribution in [1.82, 2.24) is 5.32 Å². The number of nitrogens with one attached hydrogen (secondary N) is 3. The molecule has 0 aliphatic carbocycles. The van der Waals surface area contributed by atoms with E-state index in [0.29, 0.717) is 13.2 Å². The molecular formula is C14H18F3N3O3. The molecule has 0 aliphatic heterocycles. The van der Waals surface area contributed by atoms with E-state index in [4.69, 9.17) is 4.74 Å². The Kier molecular flexibility index (Phi) is 6.98. The second kappa shape index (κ2) is 8.49. The van der Waals surface area contributed by atoms with Crippen LogP contribution in [0.4, 0.5) is 24.5 Å². The van der Waals surface area contributed by atoms with Gasteiger partial charge in [0.25, 0.3) is 0 Å². The molecule has 0 atom stereocenters. The van der Waals surface area contributed by atoms with Crippen molar-refractivity contribution in [2.75, 3.05) is 37.4 Å². The molecule has 128 valence electrons. The summed E-state index contributed by atoms with van der Waals surface area (Å²) in [5.41, 5.74) is -0.946. The topological polar surface area (TPSA) is 79.5 Å². The highest BCUT2D eigenvalue weighted by atomic mass is 19.4. The number of rotatable bonds is 7. The summed E-state index contributed by atoms with van der Waals surface area (Å²) < 4.78 is 43.1. The lowest BCUT2D eigenvalue weighted by Crippen LogP contribution is -2.30. The summed E-state index contributed by atoms with van der Waals surface area (Å²) in [6, 6.07) is 2.70. The molecule has 0 fully saturated rings. The Labute approximate surface area is 131 Å². The van der Waals surface area contributed by atoms with Gasteiger partial charge >= 0.3 is 6.18 Å². The number of hydrogen-bond acceptors (Lipinski definition) is 4. The molecule has 1 rings (SSSR count). The minimum absolute atomic E-state index is 0.0933. The normalized spacial score (nSPS) is 11.2. The zero-order valence-electron chi connectivity index (χ0n) is 12.7. The van der Waals surface area contributed by atoms with E-state index in [1.807, 2.05) is 0 Å². The van der Waals surface area contributed by atoms with E-state index in [2.05, 4.69) is 16.0 Å².